The quantitative estimate of drug-likeness (QED) is 0.622. The molecule has 0 saturated carbocycles. The largest absolute Gasteiger partial charge is 0.484 e. The summed E-state index contributed by atoms with van der Waals surface area (Å²) in [6, 6.07) is 11.8. The highest BCUT2D eigenvalue weighted by Gasteiger charge is 2.22. The Hall–Kier alpha value is -2.82. The van der Waals surface area contributed by atoms with Gasteiger partial charge in [-0.3, -0.25) is 9.69 Å². The van der Waals surface area contributed by atoms with Crippen molar-refractivity contribution in [3.63, 3.8) is 0 Å². The number of ether oxygens (including phenoxy) is 3. The lowest BCUT2D eigenvalue weighted by molar-refractivity contribution is -0.135. The van der Waals surface area contributed by atoms with Crippen LogP contribution >= 0.6 is 0 Å². The van der Waals surface area contributed by atoms with E-state index in [0.717, 1.165) is 36.7 Å². The predicted molar refractivity (Wildman–Crippen MR) is 122 cm³/mol. The Morgan fingerprint density at radius 1 is 1.03 bits per heavy atom. The van der Waals surface area contributed by atoms with Crippen LogP contribution in [0.2, 0.25) is 0 Å². The molecule has 0 bridgehead atoms. The molecule has 0 spiro atoms. The van der Waals surface area contributed by atoms with E-state index in [9.17, 15) is 13.2 Å². The molecule has 10 heteroatoms. The van der Waals surface area contributed by atoms with Gasteiger partial charge in [-0.05, 0) is 55.8 Å². The number of fused-ring (bicyclic) bond motifs is 1. The third kappa shape index (κ3) is 5.95. The van der Waals surface area contributed by atoms with E-state index in [-0.39, 0.29) is 30.2 Å². The van der Waals surface area contributed by atoms with Gasteiger partial charge in [0.25, 0.3) is 5.91 Å². The molecule has 0 atom stereocenters. The third-order valence-electron chi connectivity index (χ3n) is 5.46. The molecule has 0 aromatic heterocycles. The predicted octanol–water partition coefficient (Wildman–Crippen LogP) is 1.83. The second kappa shape index (κ2) is 9.98. The van der Waals surface area contributed by atoms with Gasteiger partial charge in [-0.1, -0.05) is 6.07 Å². The van der Waals surface area contributed by atoms with Gasteiger partial charge in [0.15, 0.2) is 18.1 Å². The standard InChI is InChI=1S/C23H29N3O6S/c1-17(2)24-33(28,29)20-6-4-19(5-7-20)30-15-23(27)26-11-9-25(10-12-26)14-18-3-8-21-22(13-18)32-16-31-21/h3-8,13,17,24H,9-12,14-16H2,1-2H3. The summed E-state index contributed by atoms with van der Waals surface area (Å²) in [4.78, 5) is 16.8. The average molecular weight is 476 g/mol. The number of carbonyl (C=O) groups excluding carboxylic acids is 1. The number of carbonyl (C=O) groups is 1. The number of piperazine rings is 1. The van der Waals surface area contributed by atoms with Crippen molar-refractivity contribution in [1.29, 1.82) is 0 Å². The van der Waals surface area contributed by atoms with E-state index in [4.69, 9.17) is 14.2 Å². The minimum atomic E-state index is -3.55. The smallest absolute Gasteiger partial charge is 0.260 e. The first-order chi connectivity index (χ1) is 15.8. The van der Waals surface area contributed by atoms with Gasteiger partial charge in [-0.2, -0.15) is 0 Å². The highest BCUT2D eigenvalue weighted by Crippen LogP contribution is 2.32. The molecule has 0 radical (unpaired) electrons. The van der Waals surface area contributed by atoms with E-state index in [1.807, 2.05) is 18.2 Å². The summed E-state index contributed by atoms with van der Waals surface area (Å²) in [7, 11) is -3.55. The Labute approximate surface area is 194 Å². The maximum Gasteiger partial charge on any atom is 0.260 e. The Bertz CT molecular complexity index is 1080. The zero-order valence-electron chi connectivity index (χ0n) is 18.8. The van der Waals surface area contributed by atoms with Crippen LogP contribution < -0.4 is 18.9 Å². The number of amides is 1. The first kappa shape index (κ1) is 23.3. The van der Waals surface area contributed by atoms with E-state index >= 15 is 0 Å². The molecule has 1 fully saturated rings. The number of hydrogen-bond acceptors (Lipinski definition) is 7. The molecule has 2 aromatic carbocycles. The summed E-state index contributed by atoms with van der Waals surface area (Å²) in [5.41, 5.74) is 1.15. The zero-order chi connectivity index (χ0) is 23.4. The van der Waals surface area contributed by atoms with E-state index in [1.54, 1.807) is 30.9 Å². The summed E-state index contributed by atoms with van der Waals surface area (Å²) in [6.45, 7) is 7.30. The molecule has 178 valence electrons. The Kier molecular flexibility index (Phi) is 7.06. The lowest BCUT2D eigenvalue weighted by Gasteiger charge is -2.34. The second-order valence-corrected chi connectivity index (χ2v) is 10.1. The molecule has 2 heterocycles. The minimum absolute atomic E-state index is 0.0848. The SMILES string of the molecule is CC(C)NS(=O)(=O)c1ccc(OCC(=O)N2CCN(Cc3ccc4c(c3)OCO4)CC2)cc1. The summed E-state index contributed by atoms with van der Waals surface area (Å²) < 4.78 is 43.3. The van der Waals surface area contributed by atoms with Gasteiger partial charge >= 0.3 is 0 Å². The number of hydrogen-bond donors (Lipinski definition) is 1. The summed E-state index contributed by atoms with van der Waals surface area (Å²) >= 11 is 0. The first-order valence-corrected chi connectivity index (χ1v) is 12.4. The minimum Gasteiger partial charge on any atom is -0.484 e. The lowest BCUT2D eigenvalue weighted by atomic mass is 10.1. The van der Waals surface area contributed by atoms with Crippen LogP contribution in [0.5, 0.6) is 17.2 Å². The van der Waals surface area contributed by atoms with Gasteiger partial charge in [0, 0.05) is 38.8 Å². The molecule has 0 unspecified atom stereocenters. The van der Waals surface area contributed by atoms with Crippen molar-refractivity contribution in [3.8, 4) is 17.2 Å². The van der Waals surface area contributed by atoms with Crippen LogP contribution in [-0.4, -0.2) is 69.7 Å². The van der Waals surface area contributed by atoms with Crippen LogP contribution in [0.25, 0.3) is 0 Å². The molecule has 1 N–H and O–H groups in total. The van der Waals surface area contributed by atoms with Crippen LogP contribution in [0.4, 0.5) is 0 Å². The van der Waals surface area contributed by atoms with Gasteiger partial charge in [0.2, 0.25) is 16.8 Å². The number of nitrogens with zero attached hydrogens (tertiary/aromatic N) is 2. The van der Waals surface area contributed by atoms with E-state index in [0.29, 0.717) is 18.8 Å². The van der Waals surface area contributed by atoms with Crippen LogP contribution in [0.1, 0.15) is 19.4 Å². The topological polar surface area (TPSA) is 97.4 Å². The summed E-state index contributed by atoms with van der Waals surface area (Å²) in [5.74, 6) is 1.92. The first-order valence-electron chi connectivity index (χ1n) is 10.9. The van der Waals surface area contributed by atoms with Crippen molar-refractivity contribution in [3.05, 3.63) is 48.0 Å². The van der Waals surface area contributed by atoms with Crippen LogP contribution in [0, 0.1) is 0 Å². The molecule has 1 saturated heterocycles. The third-order valence-corrected chi connectivity index (χ3v) is 7.13. The Morgan fingerprint density at radius 2 is 1.73 bits per heavy atom. The van der Waals surface area contributed by atoms with E-state index < -0.39 is 10.0 Å². The maximum atomic E-state index is 12.6. The number of sulfonamides is 1. The molecular formula is C23H29N3O6S. The highest BCUT2D eigenvalue weighted by molar-refractivity contribution is 7.89. The fraction of sp³-hybridized carbons (Fsp3) is 0.435. The molecule has 1 amide bonds. The molecule has 2 aliphatic rings. The monoisotopic (exact) mass is 475 g/mol. The fourth-order valence-corrected chi connectivity index (χ4v) is 5.03. The van der Waals surface area contributed by atoms with Gasteiger partial charge in [-0.15, -0.1) is 0 Å². The fourth-order valence-electron chi connectivity index (χ4n) is 3.78. The van der Waals surface area contributed by atoms with Gasteiger partial charge in [0.1, 0.15) is 5.75 Å². The normalized spacial score (nSPS) is 16.3. The van der Waals surface area contributed by atoms with E-state index in [2.05, 4.69) is 9.62 Å². The van der Waals surface area contributed by atoms with Crippen LogP contribution in [0.3, 0.4) is 0 Å². The van der Waals surface area contributed by atoms with Crippen molar-refractivity contribution < 1.29 is 27.4 Å². The number of rotatable bonds is 8. The van der Waals surface area contributed by atoms with Crippen molar-refractivity contribution in [2.24, 2.45) is 0 Å². The van der Waals surface area contributed by atoms with Crippen molar-refractivity contribution in [1.82, 2.24) is 14.5 Å². The molecule has 4 rings (SSSR count). The van der Waals surface area contributed by atoms with Crippen molar-refractivity contribution in [2.75, 3.05) is 39.6 Å². The summed E-state index contributed by atoms with van der Waals surface area (Å²) in [6.07, 6.45) is 0. The molecule has 33 heavy (non-hydrogen) atoms. The van der Waals surface area contributed by atoms with E-state index in [1.165, 1.54) is 12.1 Å². The maximum absolute atomic E-state index is 12.6. The molecule has 0 aliphatic carbocycles. The zero-order valence-corrected chi connectivity index (χ0v) is 19.6. The lowest BCUT2D eigenvalue weighted by Crippen LogP contribution is -2.49. The molecule has 9 nitrogen and oxygen atoms in total. The summed E-state index contributed by atoms with van der Waals surface area (Å²) in [5, 5.41) is 0. The van der Waals surface area contributed by atoms with Gasteiger partial charge in [0.05, 0.1) is 4.90 Å². The molecular weight excluding hydrogens is 446 g/mol. The van der Waals surface area contributed by atoms with Crippen molar-refractivity contribution >= 4 is 15.9 Å². The second-order valence-electron chi connectivity index (χ2n) is 8.38. The van der Waals surface area contributed by atoms with Crippen molar-refractivity contribution in [2.45, 2.75) is 31.3 Å². The van der Waals surface area contributed by atoms with Gasteiger partial charge < -0.3 is 19.1 Å². The highest BCUT2D eigenvalue weighted by atomic mass is 32.2. The van der Waals surface area contributed by atoms with Gasteiger partial charge in [-0.25, -0.2) is 13.1 Å². The number of benzene rings is 2. The van der Waals surface area contributed by atoms with Crippen LogP contribution in [-0.2, 0) is 21.4 Å². The van der Waals surface area contributed by atoms with Crippen LogP contribution in [0.15, 0.2) is 47.4 Å². The molecule has 2 aliphatic heterocycles. The average Bonchev–Trinajstić information content (AvgIpc) is 3.25. The number of nitrogens with one attached hydrogen (secondary N) is 1. The Balaban J connectivity index is 1.22. The molecule has 2 aromatic rings. The Morgan fingerprint density at radius 3 is 2.42 bits per heavy atom.